The third-order valence-corrected chi connectivity index (χ3v) is 3.32. The van der Waals surface area contributed by atoms with Crippen molar-refractivity contribution in [2.45, 2.75) is 6.42 Å². The van der Waals surface area contributed by atoms with E-state index in [4.69, 9.17) is 11.6 Å². The summed E-state index contributed by atoms with van der Waals surface area (Å²) in [5, 5.41) is 16.5. The van der Waals surface area contributed by atoms with Gasteiger partial charge < -0.3 is 10.6 Å². The molecule has 2 rings (SSSR count). The van der Waals surface area contributed by atoms with Crippen LogP contribution in [0.25, 0.3) is 0 Å². The van der Waals surface area contributed by atoms with Crippen LogP contribution in [-0.2, 0) is 6.42 Å². The molecule has 2 amide bonds. The van der Waals surface area contributed by atoms with Crippen LogP contribution >= 0.6 is 11.6 Å². The van der Waals surface area contributed by atoms with E-state index in [0.29, 0.717) is 23.7 Å². The normalized spacial score (nSPS) is 10.0. The van der Waals surface area contributed by atoms with Crippen LogP contribution in [0, 0.1) is 10.1 Å². The van der Waals surface area contributed by atoms with Crippen LogP contribution in [0.3, 0.4) is 0 Å². The molecule has 2 aromatic rings. The Labute approximate surface area is 132 Å². The van der Waals surface area contributed by atoms with Crippen molar-refractivity contribution in [3.8, 4) is 0 Å². The highest BCUT2D eigenvalue weighted by Gasteiger charge is 2.08. The predicted octanol–water partition coefficient (Wildman–Crippen LogP) is 3.61. The summed E-state index contributed by atoms with van der Waals surface area (Å²) in [5.41, 5.74) is 1.23. The second kappa shape index (κ2) is 7.42. The highest BCUT2D eigenvalue weighted by atomic mass is 35.5. The van der Waals surface area contributed by atoms with E-state index in [1.807, 2.05) is 18.2 Å². The van der Waals surface area contributed by atoms with Crippen molar-refractivity contribution in [2.24, 2.45) is 0 Å². The van der Waals surface area contributed by atoms with Crippen molar-refractivity contribution in [3.05, 3.63) is 69.2 Å². The number of nitrogens with zero attached hydrogens (tertiary/aromatic N) is 1. The topological polar surface area (TPSA) is 84.3 Å². The van der Waals surface area contributed by atoms with Crippen molar-refractivity contribution >= 4 is 29.0 Å². The first kappa shape index (κ1) is 15.8. The van der Waals surface area contributed by atoms with Crippen LogP contribution in [0.1, 0.15) is 5.56 Å². The molecule has 0 fully saturated rings. The molecule has 114 valence electrons. The number of carbonyl (C=O) groups is 1. The fraction of sp³-hybridized carbons (Fsp3) is 0.133. The van der Waals surface area contributed by atoms with E-state index in [-0.39, 0.29) is 5.69 Å². The molecule has 7 heteroatoms. The summed E-state index contributed by atoms with van der Waals surface area (Å²) in [5.74, 6) is 0. The van der Waals surface area contributed by atoms with Gasteiger partial charge in [-0.3, -0.25) is 10.1 Å². The predicted molar refractivity (Wildman–Crippen MR) is 85.3 cm³/mol. The molecule has 0 spiro atoms. The quantitative estimate of drug-likeness (QED) is 0.652. The third-order valence-electron chi connectivity index (χ3n) is 2.95. The maximum absolute atomic E-state index is 11.7. The van der Waals surface area contributed by atoms with E-state index in [2.05, 4.69) is 10.6 Å². The summed E-state index contributed by atoms with van der Waals surface area (Å²) in [4.78, 5) is 21.9. The molecule has 0 aliphatic rings. The maximum atomic E-state index is 11.7. The Hall–Kier alpha value is -2.60. The first-order valence-corrected chi connectivity index (χ1v) is 6.97. The Balaban J connectivity index is 1.84. The van der Waals surface area contributed by atoms with Gasteiger partial charge in [-0.1, -0.05) is 35.9 Å². The van der Waals surface area contributed by atoms with Crippen LogP contribution in [-0.4, -0.2) is 17.5 Å². The molecular formula is C15H14ClN3O3. The Morgan fingerprint density at radius 1 is 1.18 bits per heavy atom. The number of nitro benzene ring substituents is 1. The van der Waals surface area contributed by atoms with Crippen LogP contribution in [0.2, 0.25) is 5.02 Å². The van der Waals surface area contributed by atoms with Crippen molar-refractivity contribution in [1.29, 1.82) is 0 Å². The SMILES string of the molecule is O=C(NCCc1ccccc1Cl)Nc1cccc([N+](=O)[O-])c1. The van der Waals surface area contributed by atoms with E-state index >= 15 is 0 Å². The van der Waals surface area contributed by atoms with E-state index in [1.165, 1.54) is 18.2 Å². The Kier molecular flexibility index (Phi) is 5.32. The van der Waals surface area contributed by atoms with Gasteiger partial charge in [0.1, 0.15) is 0 Å². The van der Waals surface area contributed by atoms with Crippen LogP contribution < -0.4 is 10.6 Å². The summed E-state index contributed by atoms with van der Waals surface area (Å²) in [6.45, 7) is 0.407. The van der Waals surface area contributed by atoms with Gasteiger partial charge in [-0.2, -0.15) is 0 Å². The molecule has 22 heavy (non-hydrogen) atoms. The highest BCUT2D eigenvalue weighted by molar-refractivity contribution is 6.31. The van der Waals surface area contributed by atoms with E-state index in [1.54, 1.807) is 12.1 Å². The summed E-state index contributed by atoms with van der Waals surface area (Å²) in [6, 6.07) is 12.7. The highest BCUT2D eigenvalue weighted by Crippen LogP contribution is 2.17. The molecular weight excluding hydrogens is 306 g/mol. The van der Waals surface area contributed by atoms with Gasteiger partial charge in [-0.05, 0) is 24.1 Å². The molecule has 0 saturated carbocycles. The monoisotopic (exact) mass is 319 g/mol. The molecule has 2 N–H and O–H groups in total. The molecule has 0 aliphatic heterocycles. The number of nitro groups is 1. The molecule has 2 aromatic carbocycles. The van der Waals surface area contributed by atoms with Gasteiger partial charge in [0.2, 0.25) is 0 Å². The van der Waals surface area contributed by atoms with Gasteiger partial charge in [0.25, 0.3) is 5.69 Å². The lowest BCUT2D eigenvalue weighted by Gasteiger charge is -2.08. The minimum atomic E-state index is -0.513. The van der Waals surface area contributed by atoms with E-state index < -0.39 is 11.0 Å². The number of nitrogens with one attached hydrogen (secondary N) is 2. The Morgan fingerprint density at radius 2 is 1.95 bits per heavy atom. The maximum Gasteiger partial charge on any atom is 0.319 e. The van der Waals surface area contributed by atoms with Gasteiger partial charge >= 0.3 is 6.03 Å². The summed E-state index contributed by atoms with van der Waals surface area (Å²) >= 11 is 6.02. The zero-order valence-electron chi connectivity index (χ0n) is 11.6. The minimum Gasteiger partial charge on any atom is -0.338 e. The molecule has 6 nitrogen and oxygen atoms in total. The number of rotatable bonds is 5. The number of hydrogen-bond donors (Lipinski definition) is 2. The Morgan fingerprint density at radius 3 is 2.68 bits per heavy atom. The second-order valence-corrected chi connectivity index (χ2v) is 4.94. The standard InChI is InChI=1S/C15H14ClN3O3/c16-14-7-2-1-4-11(14)8-9-17-15(20)18-12-5-3-6-13(10-12)19(21)22/h1-7,10H,8-9H2,(H2,17,18,20). The number of benzene rings is 2. The fourth-order valence-corrected chi connectivity index (χ4v) is 2.11. The molecule has 0 aliphatic carbocycles. The lowest BCUT2D eigenvalue weighted by atomic mass is 10.1. The third kappa shape index (κ3) is 4.46. The second-order valence-electron chi connectivity index (χ2n) is 4.53. The summed E-state index contributed by atoms with van der Waals surface area (Å²) in [7, 11) is 0. The molecule has 0 bridgehead atoms. The largest absolute Gasteiger partial charge is 0.338 e. The molecule has 0 saturated heterocycles. The smallest absolute Gasteiger partial charge is 0.319 e. The average molecular weight is 320 g/mol. The van der Waals surface area contributed by atoms with Gasteiger partial charge in [-0.25, -0.2) is 4.79 Å². The minimum absolute atomic E-state index is 0.0751. The number of hydrogen-bond acceptors (Lipinski definition) is 3. The van der Waals surface area contributed by atoms with Crippen LogP contribution in [0.5, 0.6) is 0 Å². The molecule has 0 atom stereocenters. The molecule has 0 heterocycles. The zero-order valence-corrected chi connectivity index (χ0v) is 12.3. The van der Waals surface area contributed by atoms with Gasteiger partial charge in [-0.15, -0.1) is 0 Å². The lowest BCUT2D eigenvalue weighted by Crippen LogP contribution is -2.30. The number of urea groups is 1. The lowest BCUT2D eigenvalue weighted by molar-refractivity contribution is -0.384. The fourth-order valence-electron chi connectivity index (χ4n) is 1.88. The molecule has 0 radical (unpaired) electrons. The van der Waals surface area contributed by atoms with Crippen molar-refractivity contribution in [3.63, 3.8) is 0 Å². The number of carbonyl (C=O) groups excluding carboxylic acids is 1. The number of amides is 2. The first-order valence-electron chi connectivity index (χ1n) is 6.59. The van der Waals surface area contributed by atoms with Crippen molar-refractivity contribution in [1.82, 2.24) is 5.32 Å². The summed E-state index contributed by atoms with van der Waals surface area (Å²) in [6.07, 6.45) is 0.599. The van der Waals surface area contributed by atoms with Crippen LogP contribution in [0.15, 0.2) is 48.5 Å². The van der Waals surface area contributed by atoms with Gasteiger partial charge in [0.05, 0.1) is 4.92 Å². The summed E-state index contributed by atoms with van der Waals surface area (Å²) < 4.78 is 0. The van der Waals surface area contributed by atoms with E-state index in [9.17, 15) is 14.9 Å². The molecule has 0 unspecified atom stereocenters. The van der Waals surface area contributed by atoms with Crippen molar-refractivity contribution < 1.29 is 9.72 Å². The first-order chi connectivity index (χ1) is 10.6. The average Bonchev–Trinajstić information content (AvgIpc) is 2.49. The van der Waals surface area contributed by atoms with E-state index in [0.717, 1.165) is 5.56 Å². The van der Waals surface area contributed by atoms with Gasteiger partial charge in [0, 0.05) is 29.4 Å². The number of halogens is 1. The van der Waals surface area contributed by atoms with Crippen LogP contribution in [0.4, 0.5) is 16.2 Å². The number of anilines is 1. The Bertz CT molecular complexity index is 691. The number of non-ortho nitro benzene ring substituents is 1. The van der Waals surface area contributed by atoms with Crippen molar-refractivity contribution in [2.75, 3.05) is 11.9 Å². The molecule has 0 aromatic heterocycles. The van der Waals surface area contributed by atoms with Gasteiger partial charge in [0.15, 0.2) is 0 Å². The zero-order chi connectivity index (χ0) is 15.9.